The first kappa shape index (κ1) is 22.4. The lowest BCUT2D eigenvalue weighted by Gasteiger charge is -2.28. The van der Waals surface area contributed by atoms with Crippen LogP contribution in [0.3, 0.4) is 0 Å². The molecule has 1 aromatic rings. The summed E-state index contributed by atoms with van der Waals surface area (Å²) in [6.07, 6.45) is 4.17. The molecule has 0 spiro atoms. The number of nitrogens with one attached hydrogen (secondary N) is 3. The Labute approximate surface area is 167 Å². The number of rotatable bonds is 8. The molecule has 28 heavy (non-hydrogen) atoms. The van der Waals surface area contributed by atoms with Crippen molar-refractivity contribution in [3.63, 3.8) is 0 Å². The van der Waals surface area contributed by atoms with Crippen LogP contribution < -0.4 is 15.4 Å². The molecule has 1 aliphatic carbocycles. The van der Waals surface area contributed by atoms with Crippen LogP contribution >= 0.6 is 0 Å². The quantitative estimate of drug-likeness (QED) is 0.614. The van der Waals surface area contributed by atoms with Crippen molar-refractivity contribution in [3.05, 3.63) is 24.3 Å². The molecule has 7 nitrogen and oxygen atoms in total. The van der Waals surface area contributed by atoms with Crippen LogP contribution in [-0.2, 0) is 19.6 Å². The van der Waals surface area contributed by atoms with Gasteiger partial charge in [0, 0.05) is 31.1 Å². The van der Waals surface area contributed by atoms with Crippen LogP contribution in [0.25, 0.3) is 0 Å². The molecule has 1 aliphatic rings. The number of amides is 2. The van der Waals surface area contributed by atoms with Gasteiger partial charge in [0.2, 0.25) is 21.8 Å². The smallest absolute Gasteiger partial charge is 0.240 e. The molecule has 1 aromatic carbocycles. The first-order valence-electron chi connectivity index (χ1n) is 9.89. The van der Waals surface area contributed by atoms with E-state index in [0.717, 1.165) is 32.1 Å². The van der Waals surface area contributed by atoms with Crippen molar-refractivity contribution in [1.82, 2.24) is 10.0 Å². The maximum absolute atomic E-state index is 12.5. The molecule has 0 radical (unpaired) electrons. The van der Waals surface area contributed by atoms with Gasteiger partial charge in [-0.2, -0.15) is 0 Å². The maximum Gasteiger partial charge on any atom is 0.240 e. The minimum absolute atomic E-state index is 0.0307. The fourth-order valence-corrected chi connectivity index (χ4v) is 4.44. The normalized spacial score (nSPS) is 21.0. The van der Waals surface area contributed by atoms with Crippen molar-refractivity contribution >= 4 is 27.5 Å². The largest absolute Gasteiger partial charge is 0.353 e. The van der Waals surface area contributed by atoms with Crippen molar-refractivity contribution in [1.29, 1.82) is 0 Å². The van der Waals surface area contributed by atoms with Crippen LogP contribution in [-0.4, -0.2) is 32.8 Å². The Balaban J connectivity index is 1.82. The molecule has 1 fully saturated rings. The number of hydrogen-bond acceptors (Lipinski definition) is 4. The van der Waals surface area contributed by atoms with Crippen LogP contribution in [0, 0.1) is 11.8 Å². The van der Waals surface area contributed by atoms with Gasteiger partial charge in [-0.1, -0.05) is 6.92 Å². The number of hydrogen-bond donors (Lipinski definition) is 3. The molecule has 1 atom stereocenters. The van der Waals surface area contributed by atoms with Crippen LogP contribution in [0.15, 0.2) is 29.2 Å². The molecular weight excluding hydrogens is 378 g/mol. The lowest BCUT2D eigenvalue weighted by atomic mass is 9.81. The van der Waals surface area contributed by atoms with Crippen molar-refractivity contribution in [2.75, 3.05) is 11.9 Å². The van der Waals surface area contributed by atoms with Gasteiger partial charge in [-0.05, 0) is 69.2 Å². The van der Waals surface area contributed by atoms with Crippen molar-refractivity contribution in [2.45, 2.75) is 63.8 Å². The minimum Gasteiger partial charge on any atom is -0.353 e. The highest BCUT2D eigenvalue weighted by Gasteiger charge is 2.27. The second-order valence-electron chi connectivity index (χ2n) is 7.59. The summed E-state index contributed by atoms with van der Waals surface area (Å²) in [5, 5.41) is 5.64. The molecule has 2 amide bonds. The fraction of sp³-hybridized carbons (Fsp3) is 0.600. The summed E-state index contributed by atoms with van der Waals surface area (Å²) >= 11 is 0. The Kier molecular flexibility index (Phi) is 8.00. The van der Waals surface area contributed by atoms with E-state index in [4.69, 9.17) is 0 Å². The average Bonchev–Trinajstić information content (AvgIpc) is 2.66. The topological polar surface area (TPSA) is 104 Å². The van der Waals surface area contributed by atoms with Crippen molar-refractivity contribution in [2.24, 2.45) is 11.8 Å². The lowest BCUT2D eigenvalue weighted by molar-refractivity contribution is -0.126. The van der Waals surface area contributed by atoms with Gasteiger partial charge in [0.1, 0.15) is 0 Å². The van der Waals surface area contributed by atoms with Crippen molar-refractivity contribution in [3.8, 4) is 0 Å². The van der Waals surface area contributed by atoms with Gasteiger partial charge in [-0.25, -0.2) is 13.1 Å². The van der Waals surface area contributed by atoms with Gasteiger partial charge in [-0.15, -0.1) is 0 Å². The number of anilines is 1. The van der Waals surface area contributed by atoms with Gasteiger partial charge in [-0.3, -0.25) is 9.59 Å². The summed E-state index contributed by atoms with van der Waals surface area (Å²) in [5.41, 5.74) is 0.556. The molecule has 0 aromatic heterocycles. The molecule has 0 unspecified atom stereocenters. The van der Waals surface area contributed by atoms with E-state index in [2.05, 4.69) is 15.4 Å². The summed E-state index contributed by atoms with van der Waals surface area (Å²) in [7, 11) is -3.60. The zero-order valence-corrected chi connectivity index (χ0v) is 17.6. The first-order chi connectivity index (χ1) is 13.2. The average molecular weight is 410 g/mol. The summed E-state index contributed by atoms with van der Waals surface area (Å²) in [6, 6.07) is 6.27. The van der Waals surface area contributed by atoms with Crippen LogP contribution in [0.5, 0.6) is 0 Å². The summed E-state index contributed by atoms with van der Waals surface area (Å²) < 4.78 is 27.6. The highest BCUT2D eigenvalue weighted by molar-refractivity contribution is 7.89. The first-order valence-corrected chi connectivity index (χ1v) is 11.4. The molecule has 0 saturated heterocycles. The second-order valence-corrected chi connectivity index (χ2v) is 9.36. The van der Waals surface area contributed by atoms with E-state index in [9.17, 15) is 18.0 Å². The molecule has 0 bridgehead atoms. The predicted octanol–water partition coefficient (Wildman–Crippen LogP) is 2.64. The van der Waals surface area contributed by atoms with Crippen LogP contribution in [0.2, 0.25) is 0 Å². The van der Waals surface area contributed by atoms with Crippen molar-refractivity contribution < 1.29 is 18.0 Å². The van der Waals surface area contributed by atoms with E-state index in [1.165, 1.54) is 19.1 Å². The molecule has 1 saturated carbocycles. The molecule has 156 valence electrons. The van der Waals surface area contributed by atoms with E-state index in [1.54, 1.807) is 12.1 Å². The Hall–Kier alpha value is -1.93. The fourth-order valence-electron chi connectivity index (χ4n) is 3.32. The zero-order chi connectivity index (χ0) is 20.7. The highest BCUT2D eigenvalue weighted by Crippen LogP contribution is 2.29. The Morgan fingerprint density at radius 2 is 1.71 bits per heavy atom. The Morgan fingerprint density at radius 1 is 1.11 bits per heavy atom. The molecule has 8 heteroatoms. The second kappa shape index (κ2) is 10.0. The van der Waals surface area contributed by atoms with E-state index in [-0.39, 0.29) is 34.6 Å². The lowest BCUT2D eigenvalue weighted by Crippen LogP contribution is -2.39. The third-order valence-corrected chi connectivity index (χ3v) is 6.71. The van der Waals surface area contributed by atoms with Gasteiger partial charge < -0.3 is 10.6 Å². The Morgan fingerprint density at radius 3 is 2.25 bits per heavy atom. The molecule has 2 rings (SSSR count). The summed E-state index contributed by atoms with van der Waals surface area (Å²) in [6.45, 7) is 5.81. The minimum atomic E-state index is -3.60. The van der Waals surface area contributed by atoms with E-state index < -0.39 is 10.0 Å². The highest BCUT2D eigenvalue weighted by atomic mass is 32.2. The van der Waals surface area contributed by atoms with E-state index in [0.29, 0.717) is 12.2 Å². The third-order valence-electron chi connectivity index (χ3n) is 5.27. The standard InChI is InChI=1S/C20H31N3O4S/c1-4-14(2)22-20(25)17-7-5-16(6-8-17)13-21-28(26,27)19-11-9-18(10-12-19)23-15(3)24/h9-12,14,16-17,21H,4-8,13H2,1-3H3,(H,22,25)(H,23,24)/t14-,16?,17?/m1/s1. The number of carbonyl (C=O) groups excluding carboxylic acids is 2. The molecule has 0 aliphatic heterocycles. The Bertz CT molecular complexity index is 769. The van der Waals surface area contributed by atoms with Crippen LogP contribution in [0.1, 0.15) is 52.9 Å². The van der Waals surface area contributed by atoms with Gasteiger partial charge in [0.15, 0.2) is 0 Å². The van der Waals surface area contributed by atoms with E-state index in [1.807, 2.05) is 13.8 Å². The monoisotopic (exact) mass is 409 g/mol. The van der Waals surface area contributed by atoms with E-state index >= 15 is 0 Å². The number of sulfonamides is 1. The zero-order valence-electron chi connectivity index (χ0n) is 16.8. The molecule has 3 N–H and O–H groups in total. The maximum atomic E-state index is 12.5. The summed E-state index contributed by atoms with van der Waals surface area (Å²) in [5.74, 6) is 0.180. The van der Waals surface area contributed by atoms with Crippen LogP contribution in [0.4, 0.5) is 5.69 Å². The van der Waals surface area contributed by atoms with Gasteiger partial charge >= 0.3 is 0 Å². The molecule has 0 heterocycles. The number of benzene rings is 1. The van der Waals surface area contributed by atoms with Gasteiger partial charge in [0.25, 0.3) is 0 Å². The number of carbonyl (C=O) groups is 2. The van der Waals surface area contributed by atoms with Gasteiger partial charge in [0.05, 0.1) is 4.90 Å². The SMILES string of the molecule is CC[C@@H](C)NC(=O)C1CCC(CNS(=O)(=O)c2ccc(NC(C)=O)cc2)CC1. The summed E-state index contributed by atoms with van der Waals surface area (Å²) in [4.78, 5) is 23.4. The molecular formula is C20H31N3O4S. The third kappa shape index (κ3) is 6.60. The predicted molar refractivity (Wildman–Crippen MR) is 109 cm³/mol.